The summed E-state index contributed by atoms with van der Waals surface area (Å²) in [4.78, 5) is 2.30. The van der Waals surface area contributed by atoms with E-state index in [0.717, 1.165) is 13.0 Å². The number of hydrogen-bond donors (Lipinski definition) is 0. The van der Waals surface area contributed by atoms with Crippen LogP contribution in [0, 0.1) is 0 Å². The zero-order chi connectivity index (χ0) is 10.6. The monoisotopic (exact) mass is 219 g/mol. The van der Waals surface area contributed by atoms with Gasteiger partial charge in [0.25, 0.3) is 0 Å². The Labute approximate surface area is 87.5 Å². The van der Waals surface area contributed by atoms with Gasteiger partial charge in [-0.25, -0.2) is 0 Å². The third-order valence-corrected chi connectivity index (χ3v) is 6.28. The van der Waals surface area contributed by atoms with Crippen molar-refractivity contribution in [2.24, 2.45) is 0 Å². The molecule has 0 radical (unpaired) electrons. The highest BCUT2D eigenvalue weighted by Gasteiger charge is 2.49. The van der Waals surface area contributed by atoms with Crippen LogP contribution in [0.2, 0.25) is 0 Å². The lowest BCUT2D eigenvalue weighted by molar-refractivity contribution is 0.0694. The van der Waals surface area contributed by atoms with Gasteiger partial charge >= 0.3 is 8.80 Å². The molecule has 5 heteroatoms. The van der Waals surface area contributed by atoms with Gasteiger partial charge in [0, 0.05) is 21.3 Å². The molecule has 1 atom stereocenters. The maximum atomic E-state index is 5.50. The molecule has 84 valence electrons. The highest BCUT2D eigenvalue weighted by atomic mass is 28.4. The normalized spacial score (nSPS) is 25.3. The summed E-state index contributed by atoms with van der Waals surface area (Å²) in [7, 11) is 4.71. The van der Waals surface area contributed by atoms with Crippen LogP contribution in [-0.4, -0.2) is 54.3 Å². The predicted octanol–water partition coefficient (Wildman–Crippen LogP) is 0.888. The van der Waals surface area contributed by atoms with Crippen molar-refractivity contribution in [1.82, 2.24) is 4.90 Å². The van der Waals surface area contributed by atoms with E-state index in [1.807, 2.05) is 0 Å². The molecular formula is C9H21NO3Si. The molecule has 0 aromatic heterocycles. The minimum Gasteiger partial charge on any atom is -0.376 e. The van der Waals surface area contributed by atoms with Crippen molar-refractivity contribution >= 4 is 8.80 Å². The van der Waals surface area contributed by atoms with Crippen molar-refractivity contribution in [3.05, 3.63) is 0 Å². The van der Waals surface area contributed by atoms with Gasteiger partial charge in [0.2, 0.25) is 0 Å². The molecule has 1 heterocycles. The lowest BCUT2D eigenvalue weighted by Crippen LogP contribution is -2.61. The number of hydrogen-bond acceptors (Lipinski definition) is 4. The number of piperidine rings is 1. The third-order valence-electron chi connectivity index (χ3n) is 3.03. The lowest BCUT2D eigenvalue weighted by atomic mass is 10.1. The van der Waals surface area contributed by atoms with Gasteiger partial charge < -0.3 is 13.3 Å². The van der Waals surface area contributed by atoms with E-state index in [1.165, 1.54) is 12.8 Å². The lowest BCUT2D eigenvalue weighted by Gasteiger charge is -2.40. The van der Waals surface area contributed by atoms with Crippen LogP contribution in [0.5, 0.6) is 0 Å². The first kappa shape index (κ1) is 12.1. The van der Waals surface area contributed by atoms with Crippen LogP contribution in [0.4, 0.5) is 0 Å². The Morgan fingerprint density at radius 2 is 1.64 bits per heavy atom. The summed E-state index contributed by atoms with van der Waals surface area (Å²) in [6, 6.07) is 0. The zero-order valence-corrected chi connectivity index (χ0v) is 10.6. The molecule has 1 unspecified atom stereocenters. The molecule has 0 amide bonds. The van der Waals surface area contributed by atoms with E-state index in [-0.39, 0.29) is 0 Å². The van der Waals surface area contributed by atoms with Crippen molar-refractivity contribution in [2.75, 3.05) is 34.9 Å². The molecule has 0 aliphatic carbocycles. The average Bonchev–Trinajstić information content (AvgIpc) is 2.24. The van der Waals surface area contributed by atoms with Gasteiger partial charge in [-0.3, -0.25) is 4.90 Å². The van der Waals surface area contributed by atoms with Gasteiger partial charge in [-0.1, -0.05) is 6.42 Å². The highest BCUT2D eigenvalue weighted by Crippen LogP contribution is 2.25. The fourth-order valence-corrected chi connectivity index (χ4v) is 4.72. The molecule has 0 saturated carbocycles. The molecule has 1 fully saturated rings. The minimum atomic E-state index is -2.45. The molecule has 0 aromatic rings. The Hall–Kier alpha value is 0.0569. The topological polar surface area (TPSA) is 30.9 Å². The first-order valence-electron chi connectivity index (χ1n) is 5.06. The van der Waals surface area contributed by atoms with E-state index >= 15 is 0 Å². The van der Waals surface area contributed by atoms with Gasteiger partial charge in [0.1, 0.15) is 0 Å². The smallest absolute Gasteiger partial charge is 0.376 e. The molecule has 0 aromatic carbocycles. The van der Waals surface area contributed by atoms with Crippen LogP contribution in [0.1, 0.15) is 19.3 Å². The number of rotatable bonds is 4. The van der Waals surface area contributed by atoms with Crippen LogP contribution in [0.25, 0.3) is 0 Å². The van der Waals surface area contributed by atoms with Crippen LogP contribution in [0.3, 0.4) is 0 Å². The van der Waals surface area contributed by atoms with Gasteiger partial charge in [-0.15, -0.1) is 0 Å². The second-order valence-electron chi connectivity index (χ2n) is 3.71. The first-order chi connectivity index (χ1) is 6.70. The van der Waals surface area contributed by atoms with Gasteiger partial charge in [0.15, 0.2) is 0 Å². The summed E-state index contributed by atoms with van der Waals surface area (Å²) >= 11 is 0. The van der Waals surface area contributed by atoms with Crippen LogP contribution in [-0.2, 0) is 13.3 Å². The molecule has 0 bridgehead atoms. The number of likely N-dealkylation sites (tertiary alicyclic amines) is 1. The molecule has 0 spiro atoms. The van der Waals surface area contributed by atoms with E-state index in [1.54, 1.807) is 21.3 Å². The van der Waals surface area contributed by atoms with Crippen molar-refractivity contribution in [2.45, 2.75) is 24.9 Å². The summed E-state index contributed by atoms with van der Waals surface area (Å²) < 4.78 is 16.5. The molecular weight excluding hydrogens is 198 g/mol. The second kappa shape index (κ2) is 5.23. The Balaban J connectivity index is 2.74. The van der Waals surface area contributed by atoms with Gasteiger partial charge in [0.05, 0.1) is 5.67 Å². The van der Waals surface area contributed by atoms with Gasteiger partial charge in [-0.2, -0.15) is 0 Å². The van der Waals surface area contributed by atoms with Crippen LogP contribution < -0.4 is 0 Å². The Morgan fingerprint density at radius 1 is 1.07 bits per heavy atom. The third kappa shape index (κ3) is 2.17. The molecule has 1 aliphatic heterocycles. The summed E-state index contributed by atoms with van der Waals surface area (Å²) in [6.45, 7) is 1.11. The Morgan fingerprint density at radius 3 is 2.07 bits per heavy atom. The van der Waals surface area contributed by atoms with E-state index < -0.39 is 8.80 Å². The molecule has 1 saturated heterocycles. The summed E-state index contributed by atoms with van der Waals surface area (Å²) in [5.74, 6) is 0. The molecule has 14 heavy (non-hydrogen) atoms. The minimum absolute atomic E-state index is 0.316. The van der Waals surface area contributed by atoms with E-state index in [2.05, 4.69) is 11.9 Å². The summed E-state index contributed by atoms with van der Waals surface area (Å²) in [5, 5.41) is 0. The van der Waals surface area contributed by atoms with E-state index in [4.69, 9.17) is 13.3 Å². The second-order valence-corrected chi connectivity index (χ2v) is 6.81. The largest absolute Gasteiger partial charge is 0.518 e. The maximum absolute atomic E-state index is 5.50. The Bertz CT molecular complexity index is 167. The molecule has 1 rings (SSSR count). The SMILES string of the molecule is CO[Si](OC)(OC)C1CCCCN1C. The Kier molecular flexibility index (Phi) is 4.53. The summed E-state index contributed by atoms with van der Waals surface area (Å²) in [6.07, 6.45) is 3.60. The maximum Gasteiger partial charge on any atom is 0.518 e. The van der Waals surface area contributed by atoms with Crippen molar-refractivity contribution in [1.29, 1.82) is 0 Å². The summed E-state index contributed by atoms with van der Waals surface area (Å²) in [5.41, 5.74) is 0.316. The fourth-order valence-electron chi connectivity index (χ4n) is 2.18. The fraction of sp³-hybridized carbons (Fsp3) is 1.00. The van der Waals surface area contributed by atoms with Crippen molar-refractivity contribution in [3.63, 3.8) is 0 Å². The van der Waals surface area contributed by atoms with Crippen molar-refractivity contribution < 1.29 is 13.3 Å². The first-order valence-corrected chi connectivity index (χ1v) is 6.86. The predicted molar refractivity (Wildman–Crippen MR) is 57.1 cm³/mol. The quantitative estimate of drug-likeness (QED) is 0.657. The van der Waals surface area contributed by atoms with Crippen LogP contribution in [0.15, 0.2) is 0 Å². The standard InChI is InChI=1S/C9H21NO3Si/c1-10-8-6-5-7-9(10)14(11-2,12-3)13-4/h9H,5-8H2,1-4H3. The highest BCUT2D eigenvalue weighted by molar-refractivity contribution is 6.62. The molecule has 4 nitrogen and oxygen atoms in total. The van der Waals surface area contributed by atoms with Crippen LogP contribution >= 0.6 is 0 Å². The van der Waals surface area contributed by atoms with Crippen molar-refractivity contribution in [3.8, 4) is 0 Å². The van der Waals surface area contributed by atoms with E-state index in [0.29, 0.717) is 5.67 Å². The average molecular weight is 219 g/mol. The van der Waals surface area contributed by atoms with E-state index in [9.17, 15) is 0 Å². The zero-order valence-electron chi connectivity index (χ0n) is 9.58. The number of nitrogens with zero attached hydrogens (tertiary/aromatic N) is 1. The molecule has 1 aliphatic rings. The molecule has 0 N–H and O–H groups in total. The van der Waals surface area contributed by atoms with Gasteiger partial charge in [-0.05, 0) is 26.4 Å².